The average Bonchev–Trinajstić information content (AvgIpc) is 2.90. The summed E-state index contributed by atoms with van der Waals surface area (Å²) in [6.07, 6.45) is 8.12. The number of hydrogen-bond donors (Lipinski definition) is 0. The summed E-state index contributed by atoms with van der Waals surface area (Å²) in [7, 11) is 0. The lowest BCUT2D eigenvalue weighted by Gasteiger charge is -2.20. The van der Waals surface area contributed by atoms with Crippen molar-refractivity contribution < 1.29 is 9.53 Å². The van der Waals surface area contributed by atoms with Crippen LogP contribution in [0.25, 0.3) is 0 Å². The third-order valence-corrected chi connectivity index (χ3v) is 5.26. The highest BCUT2D eigenvalue weighted by Gasteiger charge is 2.51. The zero-order chi connectivity index (χ0) is 12.0. The maximum Gasteiger partial charge on any atom is 0.333 e. The fourth-order valence-electron chi connectivity index (χ4n) is 4.57. The van der Waals surface area contributed by atoms with Crippen molar-refractivity contribution in [1.82, 2.24) is 0 Å². The van der Waals surface area contributed by atoms with Gasteiger partial charge in [0, 0.05) is 5.57 Å². The van der Waals surface area contributed by atoms with E-state index in [9.17, 15) is 4.79 Å². The van der Waals surface area contributed by atoms with Crippen molar-refractivity contribution in [3.63, 3.8) is 0 Å². The molecule has 0 aromatic carbocycles. The standard InChI is InChI=1S/C15H22O2/c1-9(2)15(16)17-14-7-6-12-11-5-3-4-10(11)8-13(12)14/h10-14H,1,3-8H2,2H3. The third-order valence-electron chi connectivity index (χ3n) is 5.26. The number of esters is 1. The number of hydrogen-bond acceptors (Lipinski definition) is 2. The molecule has 17 heavy (non-hydrogen) atoms. The first-order chi connectivity index (χ1) is 8.16. The lowest BCUT2D eigenvalue weighted by atomic mass is 9.89. The molecule has 0 radical (unpaired) electrons. The van der Waals surface area contributed by atoms with Crippen LogP contribution in [0.15, 0.2) is 12.2 Å². The van der Waals surface area contributed by atoms with Gasteiger partial charge in [-0.05, 0) is 56.3 Å². The van der Waals surface area contributed by atoms with Gasteiger partial charge in [0.05, 0.1) is 0 Å². The molecule has 0 aromatic heterocycles. The van der Waals surface area contributed by atoms with Crippen LogP contribution in [0.5, 0.6) is 0 Å². The van der Waals surface area contributed by atoms with E-state index in [4.69, 9.17) is 4.74 Å². The van der Waals surface area contributed by atoms with Gasteiger partial charge in [0.15, 0.2) is 0 Å². The molecular weight excluding hydrogens is 212 g/mol. The summed E-state index contributed by atoms with van der Waals surface area (Å²) in [6.45, 7) is 5.40. The van der Waals surface area contributed by atoms with Gasteiger partial charge in [-0.25, -0.2) is 4.79 Å². The van der Waals surface area contributed by atoms with Crippen LogP contribution < -0.4 is 0 Å². The Labute approximate surface area is 103 Å². The summed E-state index contributed by atoms with van der Waals surface area (Å²) in [5.74, 6) is 3.22. The fourth-order valence-corrected chi connectivity index (χ4v) is 4.57. The minimum Gasteiger partial charge on any atom is -0.459 e. The lowest BCUT2D eigenvalue weighted by Crippen LogP contribution is -2.23. The van der Waals surface area contributed by atoms with E-state index in [2.05, 4.69) is 6.58 Å². The van der Waals surface area contributed by atoms with Gasteiger partial charge >= 0.3 is 5.97 Å². The van der Waals surface area contributed by atoms with Gasteiger partial charge in [0.25, 0.3) is 0 Å². The van der Waals surface area contributed by atoms with Crippen LogP contribution in [0.3, 0.4) is 0 Å². The van der Waals surface area contributed by atoms with Crippen molar-refractivity contribution in [3.05, 3.63) is 12.2 Å². The van der Waals surface area contributed by atoms with Crippen molar-refractivity contribution in [2.75, 3.05) is 0 Å². The number of carbonyl (C=O) groups is 1. The SMILES string of the molecule is C=C(C)C(=O)OC1CCC2C3CCCC3CC12. The molecule has 5 unspecified atom stereocenters. The highest BCUT2D eigenvalue weighted by Crippen LogP contribution is 2.57. The van der Waals surface area contributed by atoms with Crippen LogP contribution in [-0.2, 0) is 9.53 Å². The Morgan fingerprint density at radius 2 is 1.94 bits per heavy atom. The first-order valence-corrected chi connectivity index (χ1v) is 7.03. The zero-order valence-electron chi connectivity index (χ0n) is 10.7. The minimum absolute atomic E-state index is 0.187. The van der Waals surface area contributed by atoms with Gasteiger partial charge in [0.1, 0.15) is 6.10 Å². The molecule has 0 N–H and O–H groups in total. The largest absolute Gasteiger partial charge is 0.459 e. The van der Waals surface area contributed by atoms with Crippen molar-refractivity contribution in [1.29, 1.82) is 0 Å². The van der Waals surface area contributed by atoms with Crippen LogP contribution >= 0.6 is 0 Å². The van der Waals surface area contributed by atoms with Crippen molar-refractivity contribution in [2.24, 2.45) is 23.7 Å². The lowest BCUT2D eigenvalue weighted by molar-refractivity contribution is -0.146. The molecule has 3 aliphatic carbocycles. The molecule has 5 atom stereocenters. The predicted octanol–water partition coefficient (Wildman–Crippen LogP) is 3.32. The molecule has 94 valence electrons. The van der Waals surface area contributed by atoms with Crippen LogP contribution in [-0.4, -0.2) is 12.1 Å². The molecule has 0 bridgehead atoms. The van der Waals surface area contributed by atoms with Crippen LogP contribution in [0, 0.1) is 23.7 Å². The average molecular weight is 234 g/mol. The van der Waals surface area contributed by atoms with Gasteiger partial charge in [-0.1, -0.05) is 19.4 Å². The Bertz CT molecular complexity index is 347. The van der Waals surface area contributed by atoms with Gasteiger partial charge in [0.2, 0.25) is 0 Å². The topological polar surface area (TPSA) is 26.3 Å². The summed E-state index contributed by atoms with van der Waals surface area (Å²) >= 11 is 0. The quantitative estimate of drug-likeness (QED) is 0.541. The molecule has 0 saturated heterocycles. The number of rotatable bonds is 2. The monoisotopic (exact) mass is 234 g/mol. The van der Waals surface area contributed by atoms with Gasteiger partial charge < -0.3 is 4.74 Å². The second-order valence-electron chi connectivity index (χ2n) is 6.22. The summed E-state index contributed by atoms with van der Waals surface area (Å²) in [4.78, 5) is 11.6. The molecule has 0 amide bonds. The van der Waals surface area contributed by atoms with Crippen molar-refractivity contribution in [2.45, 2.75) is 51.6 Å². The smallest absolute Gasteiger partial charge is 0.333 e. The first-order valence-electron chi connectivity index (χ1n) is 7.03. The van der Waals surface area contributed by atoms with Crippen molar-refractivity contribution >= 4 is 5.97 Å². The molecule has 0 aromatic rings. The molecule has 2 nitrogen and oxygen atoms in total. The first kappa shape index (κ1) is 11.3. The fraction of sp³-hybridized carbons (Fsp3) is 0.800. The number of fused-ring (bicyclic) bond motifs is 3. The summed E-state index contributed by atoms with van der Waals surface area (Å²) in [5, 5.41) is 0. The molecule has 0 spiro atoms. The van der Waals surface area contributed by atoms with Gasteiger partial charge in [-0.2, -0.15) is 0 Å². The second-order valence-corrected chi connectivity index (χ2v) is 6.22. The van der Waals surface area contributed by atoms with E-state index in [0.717, 1.165) is 24.2 Å². The summed E-state index contributed by atoms with van der Waals surface area (Å²) in [5.41, 5.74) is 0.534. The predicted molar refractivity (Wildman–Crippen MR) is 66.4 cm³/mol. The van der Waals surface area contributed by atoms with Gasteiger partial charge in [-0.15, -0.1) is 0 Å². The molecule has 0 aliphatic heterocycles. The highest BCUT2D eigenvalue weighted by molar-refractivity contribution is 5.87. The Morgan fingerprint density at radius 1 is 1.12 bits per heavy atom. The summed E-state index contributed by atoms with van der Waals surface area (Å²) < 4.78 is 5.61. The second kappa shape index (κ2) is 4.15. The Balaban J connectivity index is 1.66. The zero-order valence-corrected chi connectivity index (χ0v) is 10.7. The molecule has 3 saturated carbocycles. The molecule has 0 heterocycles. The maximum absolute atomic E-state index is 11.6. The van der Waals surface area contributed by atoms with Gasteiger partial charge in [-0.3, -0.25) is 0 Å². The van der Waals surface area contributed by atoms with E-state index < -0.39 is 0 Å². The van der Waals surface area contributed by atoms with Crippen LogP contribution in [0.4, 0.5) is 0 Å². The molecule has 3 aliphatic rings. The van der Waals surface area contributed by atoms with E-state index >= 15 is 0 Å². The normalized spacial score (nSPS) is 43.2. The molecule has 2 heteroatoms. The minimum atomic E-state index is -0.187. The number of ether oxygens (including phenoxy) is 1. The van der Waals surface area contributed by atoms with E-state index in [1.54, 1.807) is 6.92 Å². The van der Waals surface area contributed by atoms with Crippen LogP contribution in [0.1, 0.15) is 45.4 Å². The summed E-state index contributed by atoms with van der Waals surface area (Å²) in [6, 6.07) is 0. The van der Waals surface area contributed by atoms with E-state index in [1.165, 1.54) is 32.1 Å². The van der Waals surface area contributed by atoms with E-state index in [1.807, 2.05) is 0 Å². The van der Waals surface area contributed by atoms with Crippen molar-refractivity contribution in [3.8, 4) is 0 Å². The molecule has 3 fully saturated rings. The Hall–Kier alpha value is -0.790. The Morgan fingerprint density at radius 3 is 2.71 bits per heavy atom. The van der Waals surface area contributed by atoms with E-state index in [0.29, 0.717) is 11.5 Å². The maximum atomic E-state index is 11.6. The Kier molecular flexibility index (Phi) is 2.76. The molecule has 3 rings (SSSR count). The highest BCUT2D eigenvalue weighted by atomic mass is 16.5. The van der Waals surface area contributed by atoms with Crippen LogP contribution in [0.2, 0.25) is 0 Å². The molecular formula is C15H22O2. The number of carbonyl (C=O) groups excluding carboxylic acids is 1. The van der Waals surface area contributed by atoms with E-state index in [-0.39, 0.29) is 12.1 Å². The third kappa shape index (κ3) is 1.82.